The lowest BCUT2D eigenvalue weighted by molar-refractivity contribution is -0.113. The fraction of sp³-hybridized carbons (Fsp3) is 0.192. The molecule has 34 heavy (non-hydrogen) atoms. The lowest BCUT2D eigenvalue weighted by Crippen LogP contribution is -2.23. The van der Waals surface area contributed by atoms with Gasteiger partial charge in [-0.1, -0.05) is 43.0 Å². The van der Waals surface area contributed by atoms with Gasteiger partial charge in [0.25, 0.3) is 5.56 Å². The van der Waals surface area contributed by atoms with Crippen molar-refractivity contribution in [2.75, 3.05) is 24.3 Å². The van der Waals surface area contributed by atoms with Crippen molar-refractivity contribution in [3.63, 3.8) is 0 Å². The molecule has 0 atom stereocenters. The van der Waals surface area contributed by atoms with Crippen molar-refractivity contribution in [1.82, 2.24) is 9.55 Å². The van der Waals surface area contributed by atoms with Crippen LogP contribution in [-0.2, 0) is 11.2 Å². The molecule has 2 heterocycles. The molecule has 172 valence electrons. The van der Waals surface area contributed by atoms with E-state index in [1.807, 2.05) is 36.4 Å². The Kier molecular flexibility index (Phi) is 6.22. The number of hydrogen-bond acceptors (Lipinski definition) is 6. The first-order valence-electron chi connectivity index (χ1n) is 11.1. The van der Waals surface area contributed by atoms with Gasteiger partial charge >= 0.3 is 0 Å². The molecule has 1 aliphatic heterocycles. The first-order chi connectivity index (χ1) is 16.6. The Labute approximate surface area is 200 Å². The molecule has 0 aliphatic carbocycles. The van der Waals surface area contributed by atoms with Gasteiger partial charge in [0.1, 0.15) is 13.2 Å². The van der Waals surface area contributed by atoms with Gasteiger partial charge in [0.2, 0.25) is 5.91 Å². The molecule has 4 aromatic rings. The molecule has 3 aromatic carbocycles. The zero-order valence-electron chi connectivity index (χ0n) is 18.6. The molecule has 1 amide bonds. The minimum atomic E-state index is -0.211. The largest absolute Gasteiger partial charge is 0.486 e. The fourth-order valence-electron chi connectivity index (χ4n) is 3.77. The number of thioether (sulfide) groups is 1. The zero-order valence-corrected chi connectivity index (χ0v) is 19.4. The summed E-state index contributed by atoms with van der Waals surface area (Å²) >= 11 is 1.22. The number of ether oxygens (including phenoxy) is 2. The molecular formula is C26H23N3O4S. The smallest absolute Gasteiger partial charge is 0.266 e. The van der Waals surface area contributed by atoms with Crippen LogP contribution < -0.4 is 20.3 Å². The molecule has 5 rings (SSSR count). The Morgan fingerprint density at radius 1 is 1.03 bits per heavy atom. The molecule has 0 fully saturated rings. The second-order valence-electron chi connectivity index (χ2n) is 7.77. The summed E-state index contributed by atoms with van der Waals surface area (Å²) in [6.45, 7) is 3.07. The van der Waals surface area contributed by atoms with Crippen molar-refractivity contribution in [2.24, 2.45) is 0 Å². The monoisotopic (exact) mass is 473 g/mol. The van der Waals surface area contributed by atoms with Gasteiger partial charge in [-0.05, 0) is 48.4 Å². The maximum atomic E-state index is 13.4. The lowest BCUT2D eigenvalue weighted by atomic mass is 10.1. The number of aromatic nitrogens is 2. The lowest BCUT2D eigenvalue weighted by Gasteiger charge is -2.19. The van der Waals surface area contributed by atoms with Gasteiger partial charge < -0.3 is 14.8 Å². The predicted molar refractivity (Wildman–Crippen MR) is 134 cm³/mol. The highest BCUT2D eigenvalue weighted by Gasteiger charge is 2.16. The molecular weight excluding hydrogens is 450 g/mol. The third-order valence-electron chi connectivity index (χ3n) is 5.51. The van der Waals surface area contributed by atoms with Gasteiger partial charge in [0, 0.05) is 11.8 Å². The summed E-state index contributed by atoms with van der Waals surface area (Å²) in [6.07, 6.45) is 0.910. The van der Waals surface area contributed by atoms with Crippen LogP contribution in [0.4, 0.5) is 5.69 Å². The Hall–Kier alpha value is -3.78. The minimum Gasteiger partial charge on any atom is -0.486 e. The third-order valence-corrected chi connectivity index (χ3v) is 6.44. The van der Waals surface area contributed by atoms with Crippen LogP contribution in [0, 0.1) is 0 Å². The highest BCUT2D eigenvalue weighted by molar-refractivity contribution is 7.99. The van der Waals surface area contributed by atoms with E-state index >= 15 is 0 Å². The Balaban J connectivity index is 1.41. The van der Waals surface area contributed by atoms with Gasteiger partial charge in [-0.15, -0.1) is 0 Å². The molecule has 0 spiro atoms. The summed E-state index contributed by atoms with van der Waals surface area (Å²) in [7, 11) is 0. The van der Waals surface area contributed by atoms with E-state index in [2.05, 4.69) is 12.2 Å². The van der Waals surface area contributed by atoms with E-state index in [0.29, 0.717) is 46.5 Å². The number of carbonyl (C=O) groups excluding carboxylic acids is 1. The maximum absolute atomic E-state index is 13.4. The normalized spacial score (nSPS) is 12.5. The van der Waals surface area contributed by atoms with Crippen LogP contribution in [0.5, 0.6) is 11.5 Å². The van der Waals surface area contributed by atoms with E-state index in [-0.39, 0.29) is 17.2 Å². The summed E-state index contributed by atoms with van der Waals surface area (Å²) < 4.78 is 12.7. The Bertz CT molecular complexity index is 1420. The van der Waals surface area contributed by atoms with E-state index in [0.717, 1.165) is 12.1 Å². The van der Waals surface area contributed by atoms with E-state index in [1.54, 1.807) is 34.9 Å². The highest BCUT2D eigenvalue weighted by atomic mass is 32.2. The van der Waals surface area contributed by atoms with Crippen molar-refractivity contribution < 1.29 is 14.3 Å². The molecule has 7 nitrogen and oxygen atoms in total. The molecule has 0 unspecified atom stereocenters. The summed E-state index contributed by atoms with van der Waals surface area (Å²) in [4.78, 5) is 30.8. The van der Waals surface area contributed by atoms with E-state index in [9.17, 15) is 9.59 Å². The Morgan fingerprint density at radius 2 is 1.79 bits per heavy atom. The number of benzene rings is 3. The van der Waals surface area contributed by atoms with Crippen molar-refractivity contribution in [3.05, 3.63) is 82.6 Å². The van der Waals surface area contributed by atoms with Crippen molar-refractivity contribution >= 4 is 34.3 Å². The average Bonchev–Trinajstić information content (AvgIpc) is 2.88. The maximum Gasteiger partial charge on any atom is 0.266 e. The number of anilines is 1. The van der Waals surface area contributed by atoms with Crippen LogP contribution in [0.2, 0.25) is 0 Å². The third kappa shape index (κ3) is 4.49. The first-order valence-corrected chi connectivity index (χ1v) is 12.0. The molecule has 0 bridgehead atoms. The summed E-state index contributed by atoms with van der Waals surface area (Å²) in [5, 5.41) is 3.88. The SMILES string of the molecule is CCc1ccc(-n2c(SCC(=O)Nc3ccc4c(c3)OCCO4)nc3ccccc3c2=O)cc1. The van der Waals surface area contributed by atoms with E-state index in [1.165, 1.54) is 17.3 Å². The number of amides is 1. The van der Waals surface area contributed by atoms with Gasteiger partial charge in [-0.2, -0.15) is 0 Å². The van der Waals surface area contributed by atoms with Gasteiger partial charge in [0.05, 0.1) is 22.3 Å². The number of nitrogens with zero attached hydrogens (tertiary/aromatic N) is 2. The molecule has 1 aliphatic rings. The van der Waals surface area contributed by atoms with Crippen molar-refractivity contribution in [3.8, 4) is 17.2 Å². The average molecular weight is 474 g/mol. The van der Waals surface area contributed by atoms with Gasteiger partial charge in [0.15, 0.2) is 16.7 Å². The topological polar surface area (TPSA) is 82.5 Å². The fourth-order valence-corrected chi connectivity index (χ4v) is 4.58. The number of nitrogens with one attached hydrogen (secondary N) is 1. The number of fused-ring (bicyclic) bond motifs is 2. The molecule has 0 saturated heterocycles. The molecule has 8 heteroatoms. The van der Waals surface area contributed by atoms with Gasteiger partial charge in [-0.3, -0.25) is 14.2 Å². The van der Waals surface area contributed by atoms with Crippen molar-refractivity contribution in [1.29, 1.82) is 0 Å². The second kappa shape index (κ2) is 9.61. The van der Waals surface area contributed by atoms with Crippen LogP contribution in [0.15, 0.2) is 76.7 Å². The van der Waals surface area contributed by atoms with Crippen LogP contribution in [0.25, 0.3) is 16.6 Å². The summed E-state index contributed by atoms with van der Waals surface area (Å²) in [6, 6.07) is 20.4. The molecule has 0 radical (unpaired) electrons. The molecule has 1 N–H and O–H groups in total. The van der Waals surface area contributed by atoms with Crippen molar-refractivity contribution in [2.45, 2.75) is 18.5 Å². The van der Waals surface area contributed by atoms with Crippen LogP contribution in [0.3, 0.4) is 0 Å². The standard InChI is InChI=1S/C26H23N3O4S/c1-2-17-7-10-19(11-8-17)29-25(31)20-5-3-4-6-21(20)28-26(29)34-16-24(30)27-18-9-12-22-23(15-18)33-14-13-32-22/h3-12,15H,2,13-14,16H2,1H3,(H,27,30). The van der Waals surface area contributed by atoms with Crippen LogP contribution >= 0.6 is 11.8 Å². The second-order valence-corrected chi connectivity index (χ2v) is 8.71. The summed E-state index contributed by atoms with van der Waals surface area (Å²) in [5.74, 6) is 1.15. The molecule has 0 saturated carbocycles. The van der Waals surface area contributed by atoms with Crippen LogP contribution in [0.1, 0.15) is 12.5 Å². The zero-order chi connectivity index (χ0) is 23.5. The minimum absolute atomic E-state index is 0.0895. The first kappa shape index (κ1) is 22.0. The van der Waals surface area contributed by atoms with E-state index < -0.39 is 0 Å². The number of aryl methyl sites for hydroxylation is 1. The van der Waals surface area contributed by atoms with Crippen LogP contribution in [-0.4, -0.2) is 34.4 Å². The number of para-hydroxylation sites is 1. The summed E-state index contributed by atoms with van der Waals surface area (Å²) in [5.41, 5.74) is 2.95. The Morgan fingerprint density at radius 3 is 2.59 bits per heavy atom. The number of carbonyl (C=O) groups is 1. The number of rotatable bonds is 6. The number of hydrogen-bond donors (Lipinski definition) is 1. The van der Waals surface area contributed by atoms with E-state index in [4.69, 9.17) is 14.5 Å². The quantitative estimate of drug-likeness (QED) is 0.329. The molecule has 1 aromatic heterocycles. The highest BCUT2D eigenvalue weighted by Crippen LogP contribution is 2.32. The van der Waals surface area contributed by atoms with Gasteiger partial charge in [-0.25, -0.2) is 4.98 Å². The predicted octanol–water partition coefficient (Wildman–Crippen LogP) is 4.45.